The Bertz CT molecular complexity index is 396. The van der Waals surface area contributed by atoms with Crippen molar-refractivity contribution in [1.29, 1.82) is 0 Å². The molecular formula is C15H25N3O. The predicted molar refractivity (Wildman–Crippen MR) is 73.9 cm³/mol. The quantitative estimate of drug-likeness (QED) is 0.829. The Morgan fingerprint density at radius 1 is 1.05 bits per heavy atom. The molecule has 1 aliphatic heterocycles. The molecular weight excluding hydrogens is 238 g/mol. The molecule has 1 saturated carbocycles. The zero-order chi connectivity index (χ0) is 13.1. The minimum atomic E-state index is 0.265. The molecule has 0 amide bonds. The molecule has 1 saturated heterocycles. The molecule has 0 spiro atoms. The first-order valence-electron chi connectivity index (χ1n) is 7.91. The first-order chi connectivity index (χ1) is 9.34. The fourth-order valence-electron chi connectivity index (χ4n) is 3.46. The molecule has 2 atom stereocenters. The van der Waals surface area contributed by atoms with E-state index in [-0.39, 0.29) is 6.04 Å². The summed E-state index contributed by atoms with van der Waals surface area (Å²) in [7, 11) is 0. The van der Waals surface area contributed by atoms with Crippen LogP contribution in [-0.4, -0.2) is 16.7 Å². The lowest BCUT2D eigenvalue weighted by atomic mass is 9.92. The van der Waals surface area contributed by atoms with Gasteiger partial charge in [-0.3, -0.25) is 0 Å². The summed E-state index contributed by atoms with van der Waals surface area (Å²) in [5.41, 5.74) is 0. The van der Waals surface area contributed by atoms with Crippen LogP contribution in [0.1, 0.15) is 82.0 Å². The normalized spacial score (nSPS) is 30.2. The molecule has 2 fully saturated rings. The van der Waals surface area contributed by atoms with Crippen molar-refractivity contribution in [3.63, 3.8) is 0 Å². The molecule has 0 bridgehead atoms. The Kier molecular flexibility index (Phi) is 4.16. The summed E-state index contributed by atoms with van der Waals surface area (Å²) in [4.78, 5) is 4.71. The first-order valence-corrected chi connectivity index (χ1v) is 7.91. The Labute approximate surface area is 115 Å². The van der Waals surface area contributed by atoms with Crippen molar-refractivity contribution in [2.45, 2.75) is 70.3 Å². The van der Waals surface area contributed by atoms with Gasteiger partial charge in [0, 0.05) is 5.92 Å². The molecule has 4 heteroatoms. The lowest BCUT2D eigenvalue weighted by Gasteiger charge is -2.26. The number of nitrogens with zero attached hydrogens (tertiary/aromatic N) is 2. The molecule has 0 radical (unpaired) electrons. The Morgan fingerprint density at radius 3 is 2.58 bits per heavy atom. The maximum absolute atomic E-state index is 5.54. The van der Waals surface area contributed by atoms with Crippen molar-refractivity contribution in [2.75, 3.05) is 6.54 Å². The minimum absolute atomic E-state index is 0.265. The van der Waals surface area contributed by atoms with E-state index in [0.29, 0.717) is 11.8 Å². The number of aromatic nitrogens is 2. The zero-order valence-electron chi connectivity index (χ0n) is 11.9. The maximum atomic E-state index is 5.54. The topological polar surface area (TPSA) is 51.0 Å². The van der Waals surface area contributed by atoms with Gasteiger partial charge in [-0.25, -0.2) is 0 Å². The van der Waals surface area contributed by atoms with Gasteiger partial charge in [-0.1, -0.05) is 37.8 Å². The second kappa shape index (κ2) is 6.04. The van der Waals surface area contributed by atoms with Crippen LogP contribution >= 0.6 is 0 Å². The highest BCUT2D eigenvalue weighted by Gasteiger charge is 2.29. The summed E-state index contributed by atoms with van der Waals surface area (Å²) in [5.74, 6) is 2.89. The largest absolute Gasteiger partial charge is 0.338 e. The summed E-state index contributed by atoms with van der Waals surface area (Å²) in [6.07, 6.45) is 10.3. The van der Waals surface area contributed by atoms with Gasteiger partial charge in [0.25, 0.3) is 0 Å². The van der Waals surface area contributed by atoms with E-state index in [1.54, 1.807) is 0 Å². The van der Waals surface area contributed by atoms with E-state index in [2.05, 4.69) is 17.4 Å². The highest BCUT2D eigenvalue weighted by molar-refractivity contribution is 5.01. The summed E-state index contributed by atoms with van der Waals surface area (Å²) in [6.45, 7) is 3.34. The first kappa shape index (κ1) is 13.1. The van der Waals surface area contributed by atoms with Crippen molar-refractivity contribution in [3.8, 4) is 0 Å². The van der Waals surface area contributed by atoms with Gasteiger partial charge in [0.2, 0.25) is 5.89 Å². The molecule has 2 heterocycles. The monoisotopic (exact) mass is 263 g/mol. The number of hydrogen-bond acceptors (Lipinski definition) is 4. The zero-order valence-corrected chi connectivity index (χ0v) is 11.9. The Balaban J connectivity index is 1.71. The molecule has 1 aliphatic carbocycles. The van der Waals surface area contributed by atoms with Gasteiger partial charge in [0.15, 0.2) is 5.82 Å². The van der Waals surface area contributed by atoms with Crippen molar-refractivity contribution in [2.24, 2.45) is 5.92 Å². The second-order valence-corrected chi connectivity index (χ2v) is 6.23. The molecule has 0 aromatic carbocycles. The van der Waals surface area contributed by atoms with Crippen molar-refractivity contribution < 1.29 is 4.52 Å². The third kappa shape index (κ3) is 2.99. The average molecular weight is 263 g/mol. The van der Waals surface area contributed by atoms with Crippen LogP contribution in [0.5, 0.6) is 0 Å². The van der Waals surface area contributed by atoms with Crippen LogP contribution < -0.4 is 5.32 Å². The van der Waals surface area contributed by atoms with Crippen molar-refractivity contribution in [3.05, 3.63) is 11.7 Å². The van der Waals surface area contributed by atoms with Crippen LogP contribution in [0.4, 0.5) is 0 Å². The predicted octanol–water partition coefficient (Wildman–Crippen LogP) is 3.57. The van der Waals surface area contributed by atoms with Crippen molar-refractivity contribution >= 4 is 0 Å². The molecule has 4 nitrogen and oxygen atoms in total. The summed E-state index contributed by atoms with van der Waals surface area (Å²) >= 11 is 0. The lowest BCUT2D eigenvalue weighted by molar-refractivity contribution is 0.238. The fourth-order valence-corrected chi connectivity index (χ4v) is 3.46. The number of nitrogens with one attached hydrogen (secondary N) is 1. The van der Waals surface area contributed by atoms with Crippen LogP contribution in [0.25, 0.3) is 0 Å². The van der Waals surface area contributed by atoms with Crippen LogP contribution in [0.2, 0.25) is 0 Å². The molecule has 1 aromatic rings. The third-order valence-corrected chi connectivity index (χ3v) is 4.71. The lowest BCUT2D eigenvalue weighted by Crippen LogP contribution is -2.33. The SMILES string of the molecule is CC1CCCNC1c1nc(C2CCCCCC2)no1. The van der Waals surface area contributed by atoms with Gasteiger partial charge in [-0.15, -0.1) is 0 Å². The Hall–Kier alpha value is -0.900. The van der Waals surface area contributed by atoms with E-state index < -0.39 is 0 Å². The minimum Gasteiger partial charge on any atom is -0.338 e. The fraction of sp³-hybridized carbons (Fsp3) is 0.867. The second-order valence-electron chi connectivity index (χ2n) is 6.23. The highest BCUT2D eigenvalue weighted by atomic mass is 16.5. The van der Waals surface area contributed by atoms with E-state index in [9.17, 15) is 0 Å². The molecule has 1 N–H and O–H groups in total. The van der Waals surface area contributed by atoms with Gasteiger partial charge in [-0.2, -0.15) is 4.98 Å². The third-order valence-electron chi connectivity index (χ3n) is 4.71. The molecule has 2 aliphatic rings. The van der Waals surface area contributed by atoms with Crippen LogP contribution in [0.3, 0.4) is 0 Å². The van der Waals surface area contributed by atoms with Gasteiger partial charge < -0.3 is 9.84 Å². The van der Waals surface area contributed by atoms with Gasteiger partial charge in [0.1, 0.15) is 0 Å². The summed E-state index contributed by atoms with van der Waals surface area (Å²) in [6, 6.07) is 0.265. The molecule has 3 rings (SSSR count). The van der Waals surface area contributed by atoms with E-state index in [4.69, 9.17) is 9.51 Å². The maximum Gasteiger partial charge on any atom is 0.244 e. The van der Waals surface area contributed by atoms with Crippen LogP contribution in [0, 0.1) is 5.92 Å². The average Bonchev–Trinajstić information content (AvgIpc) is 2.75. The van der Waals surface area contributed by atoms with E-state index in [1.165, 1.54) is 51.4 Å². The molecule has 1 aromatic heterocycles. The highest BCUT2D eigenvalue weighted by Crippen LogP contribution is 2.32. The van der Waals surface area contributed by atoms with Gasteiger partial charge >= 0.3 is 0 Å². The Morgan fingerprint density at radius 2 is 1.84 bits per heavy atom. The number of hydrogen-bond donors (Lipinski definition) is 1. The van der Waals surface area contributed by atoms with Gasteiger partial charge in [-0.05, 0) is 38.1 Å². The molecule has 106 valence electrons. The van der Waals surface area contributed by atoms with Crippen LogP contribution in [0.15, 0.2) is 4.52 Å². The van der Waals surface area contributed by atoms with Gasteiger partial charge in [0.05, 0.1) is 6.04 Å². The molecule has 2 unspecified atom stereocenters. The van der Waals surface area contributed by atoms with E-state index in [1.807, 2.05) is 0 Å². The van der Waals surface area contributed by atoms with Crippen LogP contribution in [-0.2, 0) is 0 Å². The number of rotatable bonds is 2. The smallest absolute Gasteiger partial charge is 0.244 e. The number of piperidine rings is 1. The molecule has 19 heavy (non-hydrogen) atoms. The standard InChI is InChI=1S/C15H25N3O/c1-11-7-6-10-16-13(11)15-17-14(18-19-15)12-8-4-2-3-5-9-12/h11-13,16H,2-10H2,1H3. The van der Waals surface area contributed by atoms with E-state index in [0.717, 1.165) is 18.3 Å². The van der Waals surface area contributed by atoms with E-state index >= 15 is 0 Å². The summed E-state index contributed by atoms with van der Waals surface area (Å²) in [5, 5.41) is 7.78. The summed E-state index contributed by atoms with van der Waals surface area (Å²) < 4.78 is 5.54. The van der Waals surface area contributed by atoms with Crippen molar-refractivity contribution in [1.82, 2.24) is 15.5 Å².